The summed E-state index contributed by atoms with van der Waals surface area (Å²) in [7, 11) is 1.49. The van der Waals surface area contributed by atoms with Crippen molar-refractivity contribution >= 4 is 11.9 Å². The number of rotatable bonds is 7. The Morgan fingerprint density at radius 2 is 2.00 bits per heavy atom. The van der Waals surface area contributed by atoms with Crippen LogP contribution >= 0.6 is 0 Å². The zero-order valence-corrected chi connectivity index (χ0v) is 14.4. The molecule has 1 fully saturated rings. The van der Waals surface area contributed by atoms with Crippen LogP contribution in [0.4, 0.5) is 17.6 Å². The van der Waals surface area contributed by atoms with Crippen LogP contribution in [-0.2, 0) is 17.5 Å². The number of carbonyl (C=O) groups is 1. The number of amides is 1. The van der Waals surface area contributed by atoms with Crippen molar-refractivity contribution in [3.8, 4) is 0 Å². The molecular formula is C17H22F4N4O. The summed E-state index contributed by atoms with van der Waals surface area (Å²) in [5.41, 5.74) is -1.09. The first-order valence-electron chi connectivity index (χ1n) is 8.39. The molecule has 0 radical (unpaired) electrons. The molecule has 0 aromatic heterocycles. The van der Waals surface area contributed by atoms with Gasteiger partial charge in [-0.2, -0.15) is 13.2 Å². The van der Waals surface area contributed by atoms with E-state index >= 15 is 0 Å². The molecule has 0 spiro atoms. The zero-order chi connectivity index (χ0) is 19.2. The number of aliphatic imine (C=N–C) groups is 1. The van der Waals surface area contributed by atoms with E-state index in [0.717, 1.165) is 25.0 Å². The number of alkyl halides is 3. The van der Waals surface area contributed by atoms with Crippen molar-refractivity contribution in [3.05, 3.63) is 35.1 Å². The van der Waals surface area contributed by atoms with E-state index in [-0.39, 0.29) is 18.0 Å². The fraction of sp³-hybridized carbons (Fsp3) is 0.529. The summed E-state index contributed by atoms with van der Waals surface area (Å²) in [6.07, 6.45) is -1.63. The molecule has 0 aliphatic heterocycles. The van der Waals surface area contributed by atoms with Gasteiger partial charge < -0.3 is 16.0 Å². The quantitative estimate of drug-likeness (QED) is 0.297. The van der Waals surface area contributed by atoms with Crippen LogP contribution in [-0.4, -0.2) is 31.5 Å². The van der Waals surface area contributed by atoms with E-state index in [2.05, 4.69) is 20.9 Å². The molecule has 5 nitrogen and oxygen atoms in total. The first-order chi connectivity index (χ1) is 12.3. The second kappa shape index (κ2) is 8.86. The highest BCUT2D eigenvalue weighted by atomic mass is 19.4. The summed E-state index contributed by atoms with van der Waals surface area (Å²) in [5, 5.41) is 8.58. The number of guanidine groups is 1. The lowest BCUT2D eigenvalue weighted by atomic mass is 10.1. The fourth-order valence-electron chi connectivity index (χ4n) is 2.35. The van der Waals surface area contributed by atoms with E-state index in [1.807, 2.05) is 0 Å². The van der Waals surface area contributed by atoms with Crippen LogP contribution in [0.3, 0.4) is 0 Å². The number of nitrogens with zero attached hydrogens (tertiary/aromatic N) is 1. The summed E-state index contributed by atoms with van der Waals surface area (Å²) in [6, 6.07) is 2.89. The second-order valence-corrected chi connectivity index (χ2v) is 6.10. The normalized spacial score (nSPS) is 14.9. The number of nitrogens with one attached hydrogen (secondary N) is 3. The van der Waals surface area contributed by atoms with E-state index in [1.54, 1.807) is 0 Å². The molecule has 0 atom stereocenters. The third kappa shape index (κ3) is 6.53. The van der Waals surface area contributed by atoms with Crippen molar-refractivity contribution in [2.75, 3.05) is 13.6 Å². The minimum absolute atomic E-state index is 0.00150. The Labute approximate surface area is 149 Å². The standard InChI is InChI=1S/C17H22F4N4O/c1-22-16(23-8-2-3-15(26)25-13-6-7-13)24-10-11-4-5-12(18)9-14(11)17(19,20)21/h4-5,9,13H,2-3,6-8,10H2,1H3,(H,25,26)(H2,22,23,24). The average Bonchev–Trinajstić information content (AvgIpc) is 3.38. The molecule has 1 aromatic carbocycles. The smallest absolute Gasteiger partial charge is 0.356 e. The molecule has 0 heterocycles. The zero-order valence-electron chi connectivity index (χ0n) is 14.4. The number of hydrogen-bond donors (Lipinski definition) is 3. The highest BCUT2D eigenvalue weighted by Crippen LogP contribution is 2.32. The second-order valence-electron chi connectivity index (χ2n) is 6.10. The van der Waals surface area contributed by atoms with Crippen molar-refractivity contribution < 1.29 is 22.4 Å². The highest BCUT2D eigenvalue weighted by Gasteiger charge is 2.33. The van der Waals surface area contributed by atoms with Crippen molar-refractivity contribution in [2.45, 2.75) is 44.4 Å². The molecule has 144 valence electrons. The lowest BCUT2D eigenvalue weighted by Crippen LogP contribution is -2.38. The predicted octanol–water partition coefficient (Wildman–Crippen LogP) is 2.57. The van der Waals surface area contributed by atoms with Crippen LogP contribution < -0.4 is 16.0 Å². The lowest BCUT2D eigenvalue weighted by Gasteiger charge is -2.16. The summed E-state index contributed by atoms with van der Waals surface area (Å²) >= 11 is 0. The van der Waals surface area contributed by atoms with E-state index in [4.69, 9.17) is 0 Å². The van der Waals surface area contributed by atoms with Gasteiger partial charge in [0.15, 0.2) is 5.96 Å². The molecule has 1 aliphatic rings. The van der Waals surface area contributed by atoms with Gasteiger partial charge >= 0.3 is 6.18 Å². The van der Waals surface area contributed by atoms with Gasteiger partial charge in [0.2, 0.25) is 5.91 Å². The lowest BCUT2D eigenvalue weighted by molar-refractivity contribution is -0.138. The van der Waals surface area contributed by atoms with Gasteiger partial charge in [-0.25, -0.2) is 4.39 Å². The minimum atomic E-state index is -4.63. The van der Waals surface area contributed by atoms with E-state index < -0.39 is 17.6 Å². The molecule has 9 heteroatoms. The number of halogens is 4. The van der Waals surface area contributed by atoms with E-state index in [9.17, 15) is 22.4 Å². The number of hydrogen-bond acceptors (Lipinski definition) is 2. The molecule has 1 saturated carbocycles. The topological polar surface area (TPSA) is 65.5 Å². The Balaban J connectivity index is 1.78. The van der Waals surface area contributed by atoms with Crippen LogP contribution in [0, 0.1) is 5.82 Å². The Bertz CT molecular complexity index is 657. The Morgan fingerprint density at radius 3 is 2.62 bits per heavy atom. The van der Waals surface area contributed by atoms with Crippen molar-refractivity contribution in [2.24, 2.45) is 4.99 Å². The van der Waals surface area contributed by atoms with Crippen LogP contribution in [0.15, 0.2) is 23.2 Å². The first-order valence-corrected chi connectivity index (χ1v) is 8.39. The van der Waals surface area contributed by atoms with Gasteiger partial charge in [-0.3, -0.25) is 9.79 Å². The number of carbonyl (C=O) groups excluding carboxylic acids is 1. The molecule has 1 aromatic rings. The molecule has 1 aliphatic carbocycles. The molecule has 3 N–H and O–H groups in total. The molecule has 26 heavy (non-hydrogen) atoms. The molecule has 0 bridgehead atoms. The maximum atomic E-state index is 13.1. The molecule has 1 amide bonds. The monoisotopic (exact) mass is 374 g/mol. The van der Waals surface area contributed by atoms with Gasteiger partial charge in [0, 0.05) is 32.6 Å². The van der Waals surface area contributed by atoms with Crippen molar-refractivity contribution in [1.82, 2.24) is 16.0 Å². The average molecular weight is 374 g/mol. The van der Waals surface area contributed by atoms with Gasteiger partial charge in [-0.15, -0.1) is 0 Å². The van der Waals surface area contributed by atoms with Crippen molar-refractivity contribution in [1.29, 1.82) is 0 Å². The van der Waals surface area contributed by atoms with Gasteiger partial charge in [0.1, 0.15) is 5.82 Å². The highest BCUT2D eigenvalue weighted by molar-refractivity contribution is 5.80. The molecule has 0 unspecified atom stereocenters. The number of benzene rings is 1. The molecule has 0 saturated heterocycles. The third-order valence-electron chi connectivity index (χ3n) is 3.86. The predicted molar refractivity (Wildman–Crippen MR) is 90.0 cm³/mol. The van der Waals surface area contributed by atoms with E-state index in [1.165, 1.54) is 7.05 Å². The molecule has 2 rings (SSSR count). The van der Waals surface area contributed by atoms with Gasteiger partial charge in [0.05, 0.1) is 5.56 Å². The third-order valence-corrected chi connectivity index (χ3v) is 3.86. The summed E-state index contributed by atoms with van der Waals surface area (Å²) in [4.78, 5) is 15.5. The van der Waals surface area contributed by atoms with Gasteiger partial charge in [0.25, 0.3) is 0 Å². The largest absolute Gasteiger partial charge is 0.416 e. The SMILES string of the molecule is CN=C(NCCCC(=O)NC1CC1)NCc1ccc(F)cc1C(F)(F)F. The van der Waals surface area contributed by atoms with Crippen LogP contribution in [0.5, 0.6) is 0 Å². The van der Waals surface area contributed by atoms with Crippen molar-refractivity contribution in [3.63, 3.8) is 0 Å². The Kier molecular flexibility index (Phi) is 6.82. The van der Waals surface area contributed by atoms with Crippen LogP contribution in [0.25, 0.3) is 0 Å². The first kappa shape index (κ1) is 20.0. The minimum Gasteiger partial charge on any atom is -0.356 e. The molecular weight excluding hydrogens is 352 g/mol. The Hall–Kier alpha value is -2.32. The summed E-state index contributed by atoms with van der Waals surface area (Å²) in [5.74, 6) is -0.628. The van der Waals surface area contributed by atoms with Gasteiger partial charge in [-0.05, 0) is 37.0 Å². The van der Waals surface area contributed by atoms with Crippen LogP contribution in [0.2, 0.25) is 0 Å². The Morgan fingerprint density at radius 1 is 1.27 bits per heavy atom. The maximum Gasteiger partial charge on any atom is 0.416 e. The maximum absolute atomic E-state index is 13.1. The van der Waals surface area contributed by atoms with E-state index in [0.29, 0.717) is 37.5 Å². The fourth-order valence-corrected chi connectivity index (χ4v) is 2.35. The summed E-state index contributed by atoms with van der Waals surface area (Å²) < 4.78 is 52.0. The summed E-state index contributed by atoms with van der Waals surface area (Å²) in [6.45, 7) is 0.296. The van der Waals surface area contributed by atoms with Crippen LogP contribution in [0.1, 0.15) is 36.8 Å². The van der Waals surface area contributed by atoms with Gasteiger partial charge in [-0.1, -0.05) is 6.07 Å².